The average Bonchev–Trinajstić information content (AvgIpc) is 2.99. The Hall–Kier alpha value is -0.0731. The molecule has 2 bridgehead atoms. The summed E-state index contributed by atoms with van der Waals surface area (Å²) in [5.74, 6) is 1.68. The minimum Gasteiger partial charge on any atom is -0.370 e. The highest BCUT2D eigenvalue weighted by Gasteiger charge is 2.54. The summed E-state index contributed by atoms with van der Waals surface area (Å²) in [6, 6.07) is 0. The van der Waals surface area contributed by atoms with E-state index in [0.717, 1.165) is 11.3 Å². The second-order valence-corrected chi connectivity index (χ2v) is 8.73. The summed E-state index contributed by atoms with van der Waals surface area (Å²) in [6.45, 7) is 10.0. The lowest BCUT2D eigenvalue weighted by atomic mass is 9.91. The van der Waals surface area contributed by atoms with E-state index in [0.29, 0.717) is 37.6 Å². The van der Waals surface area contributed by atoms with Crippen molar-refractivity contribution in [2.24, 2.45) is 17.8 Å². The van der Waals surface area contributed by atoms with Crippen molar-refractivity contribution in [2.45, 2.75) is 40.5 Å². The van der Waals surface area contributed by atoms with Gasteiger partial charge in [-0.05, 0) is 68.4 Å². The van der Waals surface area contributed by atoms with Gasteiger partial charge in [-0.25, -0.2) is 0 Å². The fourth-order valence-corrected chi connectivity index (χ4v) is 6.95. The Morgan fingerprint density at radius 3 is 2.05 bits per heavy atom. The maximum atomic E-state index is 6.04. The van der Waals surface area contributed by atoms with Crippen molar-refractivity contribution >= 4 is 25.9 Å². The zero-order valence-corrected chi connectivity index (χ0v) is 14.8. The van der Waals surface area contributed by atoms with Crippen molar-refractivity contribution in [3.05, 3.63) is 11.3 Å². The molecule has 0 radical (unpaired) electrons. The van der Waals surface area contributed by atoms with E-state index in [1.165, 1.54) is 11.6 Å². The topological polar surface area (TPSA) is 27.7 Å². The highest BCUT2D eigenvalue weighted by atomic mass is 32.1. The lowest BCUT2D eigenvalue weighted by Crippen LogP contribution is -2.50. The first kappa shape index (κ1) is 16.3. The zero-order valence-electron chi connectivity index (χ0n) is 13.0. The molecule has 3 unspecified atom stereocenters. The van der Waals surface area contributed by atoms with Gasteiger partial charge in [0.25, 0.3) is 0 Å². The fourth-order valence-electron chi connectivity index (χ4n) is 3.64. The number of hydrogen-bond donors (Lipinski definition) is 0. The summed E-state index contributed by atoms with van der Waals surface area (Å²) in [5.41, 5.74) is 0. The minimum atomic E-state index is -2.66. The first-order valence-corrected chi connectivity index (χ1v) is 9.85. The van der Waals surface area contributed by atoms with Crippen LogP contribution in [0.1, 0.15) is 40.5 Å². The molecule has 114 valence electrons. The molecule has 2 aliphatic carbocycles. The number of fused-ring (bicyclic) bond motifs is 2. The highest BCUT2D eigenvalue weighted by Crippen LogP contribution is 2.51. The molecule has 0 saturated heterocycles. The molecule has 0 N–H and O–H groups in total. The van der Waals surface area contributed by atoms with E-state index in [4.69, 9.17) is 25.5 Å². The summed E-state index contributed by atoms with van der Waals surface area (Å²) < 4.78 is 18.1. The first-order chi connectivity index (χ1) is 9.57. The van der Waals surface area contributed by atoms with E-state index in [-0.39, 0.29) is 0 Å². The number of thiocarbonyl (C=S) groups is 1. The Morgan fingerprint density at radius 1 is 1.15 bits per heavy atom. The SMILES string of the molecule is CCO[Si](OCC)(OCC)C1=CC2CC1CC2C(C)=S. The van der Waals surface area contributed by atoms with Crippen molar-refractivity contribution in [3.8, 4) is 0 Å². The predicted molar refractivity (Wildman–Crippen MR) is 86.7 cm³/mol. The van der Waals surface area contributed by atoms with Gasteiger partial charge in [-0.2, -0.15) is 0 Å². The van der Waals surface area contributed by atoms with Crippen LogP contribution in [0.3, 0.4) is 0 Å². The summed E-state index contributed by atoms with van der Waals surface area (Å²) >= 11 is 5.39. The summed E-state index contributed by atoms with van der Waals surface area (Å²) in [7, 11) is -2.66. The molecule has 0 aromatic carbocycles. The van der Waals surface area contributed by atoms with Crippen LogP contribution in [0.5, 0.6) is 0 Å². The third-order valence-electron chi connectivity index (χ3n) is 4.32. The van der Waals surface area contributed by atoms with Crippen LogP contribution >= 0.6 is 12.2 Å². The van der Waals surface area contributed by atoms with Gasteiger partial charge in [-0.3, -0.25) is 0 Å². The Kier molecular flexibility index (Phi) is 5.54. The molecule has 0 amide bonds. The maximum absolute atomic E-state index is 6.04. The van der Waals surface area contributed by atoms with E-state index in [9.17, 15) is 0 Å². The van der Waals surface area contributed by atoms with Gasteiger partial charge in [0.05, 0.1) is 0 Å². The first-order valence-electron chi connectivity index (χ1n) is 7.72. The van der Waals surface area contributed by atoms with Crippen LogP contribution in [-0.4, -0.2) is 33.5 Å². The quantitative estimate of drug-likeness (QED) is 0.506. The standard InChI is InChI=1S/C15H26O3SSi/c1-5-16-20(17-6-2,18-7-3)15-10-12-8-13(15)9-14(12)11(4)19/h10,12-14H,5-9H2,1-4H3. The van der Waals surface area contributed by atoms with Crippen LogP contribution < -0.4 is 0 Å². The van der Waals surface area contributed by atoms with Gasteiger partial charge in [-0.15, -0.1) is 0 Å². The monoisotopic (exact) mass is 314 g/mol. The van der Waals surface area contributed by atoms with Gasteiger partial charge in [0.15, 0.2) is 0 Å². The molecule has 2 rings (SSSR count). The van der Waals surface area contributed by atoms with Crippen LogP contribution in [-0.2, 0) is 13.3 Å². The maximum Gasteiger partial charge on any atom is 0.532 e. The van der Waals surface area contributed by atoms with Gasteiger partial charge in [0.2, 0.25) is 0 Å². The second-order valence-electron chi connectivity index (χ2n) is 5.53. The van der Waals surface area contributed by atoms with Crippen molar-refractivity contribution in [3.63, 3.8) is 0 Å². The van der Waals surface area contributed by atoms with E-state index in [1.54, 1.807) is 0 Å². The van der Waals surface area contributed by atoms with E-state index < -0.39 is 8.80 Å². The highest BCUT2D eigenvalue weighted by molar-refractivity contribution is 7.80. The predicted octanol–water partition coefficient (Wildman–Crippen LogP) is 3.55. The normalized spacial score (nSPS) is 28.8. The molecule has 3 atom stereocenters. The Balaban J connectivity index is 2.25. The molecule has 20 heavy (non-hydrogen) atoms. The molecule has 0 aliphatic heterocycles. The van der Waals surface area contributed by atoms with E-state index >= 15 is 0 Å². The van der Waals surface area contributed by atoms with Crippen LogP contribution in [0, 0.1) is 17.8 Å². The van der Waals surface area contributed by atoms with Crippen LogP contribution in [0.2, 0.25) is 0 Å². The van der Waals surface area contributed by atoms with Crippen LogP contribution in [0.25, 0.3) is 0 Å². The van der Waals surface area contributed by atoms with Crippen molar-refractivity contribution in [1.82, 2.24) is 0 Å². The molecule has 0 heterocycles. The molecular formula is C15H26O3SSi. The molecule has 0 aromatic rings. The van der Waals surface area contributed by atoms with Gasteiger partial charge in [0.1, 0.15) is 0 Å². The number of rotatable bonds is 8. The lowest BCUT2D eigenvalue weighted by molar-refractivity contribution is 0.0779. The molecule has 5 heteroatoms. The van der Waals surface area contributed by atoms with Gasteiger partial charge < -0.3 is 13.3 Å². The Labute approximate surface area is 129 Å². The fraction of sp³-hybridized carbons (Fsp3) is 0.800. The molecule has 0 spiro atoms. The summed E-state index contributed by atoms with van der Waals surface area (Å²) in [4.78, 5) is 1.14. The van der Waals surface area contributed by atoms with Gasteiger partial charge >= 0.3 is 8.80 Å². The van der Waals surface area contributed by atoms with Crippen LogP contribution in [0.15, 0.2) is 11.3 Å². The number of hydrogen-bond acceptors (Lipinski definition) is 4. The minimum absolute atomic E-state index is 0.541. The van der Waals surface area contributed by atoms with Crippen molar-refractivity contribution < 1.29 is 13.3 Å². The van der Waals surface area contributed by atoms with Gasteiger partial charge in [0, 0.05) is 19.8 Å². The second kappa shape index (κ2) is 6.79. The van der Waals surface area contributed by atoms with E-state index in [1.807, 2.05) is 20.8 Å². The summed E-state index contributed by atoms with van der Waals surface area (Å²) in [6.07, 6.45) is 4.70. The Bertz CT molecular complexity index is 380. The van der Waals surface area contributed by atoms with Gasteiger partial charge in [-0.1, -0.05) is 18.3 Å². The smallest absolute Gasteiger partial charge is 0.370 e. The Morgan fingerprint density at radius 2 is 1.70 bits per heavy atom. The largest absolute Gasteiger partial charge is 0.532 e. The molecule has 3 nitrogen and oxygen atoms in total. The molecule has 0 aromatic heterocycles. The third-order valence-corrected chi connectivity index (χ3v) is 7.92. The molecular weight excluding hydrogens is 288 g/mol. The van der Waals surface area contributed by atoms with Crippen molar-refractivity contribution in [1.29, 1.82) is 0 Å². The summed E-state index contributed by atoms with van der Waals surface area (Å²) in [5, 5.41) is 1.32. The third kappa shape index (κ3) is 2.92. The average molecular weight is 315 g/mol. The molecule has 1 fully saturated rings. The zero-order chi connectivity index (χ0) is 14.8. The molecule has 2 aliphatic rings. The number of allylic oxidation sites excluding steroid dienone is 2. The lowest BCUT2D eigenvalue weighted by Gasteiger charge is -2.33. The molecule has 1 saturated carbocycles. The van der Waals surface area contributed by atoms with E-state index in [2.05, 4.69) is 13.0 Å². The van der Waals surface area contributed by atoms with Crippen molar-refractivity contribution in [2.75, 3.05) is 19.8 Å². The van der Waals surface area contributed by atoms with Crippen LogP contribution in [0.4, 0.5) is 0 Å².